The normalized spacial score (nSPS) is 16.5. The molecule has 0 aromatic rings. The van der Waals surface area contributed by atoms with Gasteiger partial charge in [-0.15, -0.1) is 0 Å². The van der Waals surface area contributed by atoms with Crippen molar-refractivity contribution in [1.82, 2.24) is 0 Å². The van der Waals surface area contributed by atoms with Crippen LogP contribution in [0.4, 0.5) is 0 Å². The number of hydrogen-bond acceptors (Lipinski definition) is 4. The summed E-state index contributed by atoms with van der Waals surface area (Å²) in [4.78, 5) is 15.0. The summed E-state index contributed by atoms with van der Waals surface area (Å²) in [5.74, 6) is -0.296. The zero-order valence-electron chi connectivity index (χ0n) is 7.04. The number of rotatable bonds is 2. The van der Waals surface area contributed by atoms with Crippen molar-refractivity contribution in [1.29, 1.82) is 0 Å². The lowest BCUT2D eigenvalue weighted by molar-refractivity contribution is -0.136. The molecule has 0 aromatic heterocycles. The van der Waals surface area contributed by atoms with Gasteiger partial charge in [0.1, 0.15) is 0 Å². The van der Waals surface area contributed by atoms with E-state index in [2.05, 4.69) is 9.73 Å². The summed E-state index contributed by atoms with van der Waals surface area (Å²) in [6.07, 6.45) is 2.98. The molecule has 4 heteroatoms. The molecule has 0 aliphatic carbocycles. The predicted octanol–water partition coefficient (Wildman–Crippen LogP) is 0.237. The zero-order valence-corrected chi connectivity index (χ0v) is 7.04. The van der Waals surface area contributed by atoms with Crippen molar-refractivity contribution in [2.75, 3.05) is 13.7 Å². The fourth-order valence-corrected chi connectivity index (χ4v) is 1.02. The van der Waals surface area contributed by atoms with Crippen molar-refractivity contribution in [3.63, 3.8) is 0 Å². The molecule has 0 radical (unpaired) electrons. The predicted molar refractivity (Wildman–Crippen MR) is 45.8 cm³/mol. The number of carbonyl (C=O) groups is 1. The van der Waals surface area contributed by atoms with Gasteiger partial charge in [-0.1, -0.05) is 0 Å². The molecule has 1 rings (SSSR count). The van der Waals surface area contributed by atoms with Gasteiger partial charge in [0.2, 0.25) is 0 Å². The summed E-state index contributed by atoms with van der Waals surface area (Å²) in [6.45, 7) is 0.463. The molecule has 0 saturated carbocycles. The molecule has 1 aliphatic heterocycles. The molecule has 0 fully saturated rings. The van der Waals surface area contributed by atoms with Crippen LogP contribution in [-0.2, 0) is 9.53 Å². The van der Waals surface area contributed by atoms with Crippen LogP contribution in [0.3, 0.4) is 0 Å². The molecular weight excluding hydrogens is 156 g/mol. The van der Waals surface area contributed by atoms with Crippen LogP contribution in [0.25, 0.3) is 0 Å². The van der Waals surface area contributed by atoms with E-state index in [1.54, 1.807) is 0 Å². The summed E-state index contributed by atoms with van der Waals surface area (Å²) in [5, 5.41) is 0. The highest BCUT2D eigenvalue weighted by Gasteiger charge is 2.13. The highest BCUT2D eigenvalue weighted by atomic mass is 16.5. The van der Waals surface area contributed by atoms with Crippen molar-refractivity contribution in [2.24, 2.45) is 10.7 Å². The summed E-state index contributed by atoms with van der Waals surface area (Å²) in [7, 11) is 1.37. The Bertz CT molecular complexity index is 243. The van der Waals surface area contributed by atoms with Crippen LogP contribution in [0.2, 0.25) is 0 Å². The van der Waals surface area contributed by atoms with Crippen LogP contribution >= 0.6 is 0 Å². The molecule has 0 amide bonds. The topological polar surface area (TPSA) is 64.7 Å². The average Bonchev–Trinajstić information content (AvgIpc) is 2.17. The van der Waals surface area contributed by atoms with Crippen LogP contribution in [-0.4, -0.2) is 25.3 Å². The number of nitrogens with two attached hydrogens (primary N) is 1. The third-order valence-electron chi connectivity index (χ3n) is 1.77. The van der Waals surface area contributed by atoms with Crippen LogP contribution in [0.15, 0.2) is 16.8 Å². The minimum atomic E-state index is -0.296. The van der Waals surface area contributed by atoms with E-state index < -0.39 is 0 Å². The Morgan fingerprint density at radius 3 is 2.92 bits per heavy atom. The van der Waals surface area contributed by atoms with E-state index in [0.29, 0.717) is 18.5 Å². The minimum Gasteiger partial charge on any atom is -0.466 e. The molecule has 1 aliphatic rings. The SMILES string of the molecule is COC(=O)C1=CN=C(CN)CC1. The Morgan fingerprint density at radius 2 is 2.50 bits per heavy atom. The number of ether oxygens (including phenoxy) is 1. The van der Waals surface area contributed by atoms with Gasteiger partial charge in [-0.3, -0.25) is 4.99 Å². The van der Waals surface area contributed by atoms with Gasteiger partial charge in [-0.25, -0.2) is 4.79 Å². The molecular formula is C8H12N2O2. The third kappa shape index (κ3) is 1.92. The summed E-state index contributed by atoms with van der Waals surface area (Å²) in [5.41, 5.74) is 6.93. The molecule has 0 atom stereocenters. The lowest BCUT2D eigenvalue weighted by atomic mass is 10.1. The van der Waals surface area contributed by atoms with E-state index >= 15 is 0 Å². The molecule has 0 saturated heterocycles. The van der Waals surface area contributed by atoms with E-state index in [-0.39, 0.29) is 5.97 Å². The number of esters is 1. The van der Waals surface area contributed by atoms with Crippen LogP contribution in [0.5, 0.6) is 0 Å². The summed E-state index contributed by atoms with van der Waals surface area (Å²) in [6, 6.07) is 0. The Morgan fingerprint density at radius 1 is 1.75 bits per heavy atom. The molecule has 4 nitrogen and oxygen atoms in total. The number of hydrogen-bond donors (Lipinski definition) is 1. The lowest BCUT2D eigenvalue weighted by Gasteiger charge is -2.09. The van der Waals surface area contributed by atoms with Crippen LogP contribution in [0, 0.1) is 0 Å². The van der Waals surface area contributed by atoms with Gasteiger partial charge in [-0.2, -0.15) is 0 Å². The zero-order chi connectivity index (χ0) is 8.97. The smallest absolute Gasteiger partial charge is 0.335 e. The van der Waals surface area contributed by atoms with Gasteiger partial charge in [0.25, 0.3) is 0 Å². The molecule has 0 aromatic carbocycles. The second kappa shape index (κ2) is 4.01. The molecule has 0 spiro atoms. The molecule has 66 valence electrons. The second-order valence-corrected chi connectivity index (χ2v) is 2.55. The van der Waals surface area contributed by atoms with Crippen molar-refractivity contribution >= 4 is 11.7 Å². The van der Waals surface area contributed by atoms with Gasteiger partial charge in [0.15, 0.2) is 0 Å². The Hall–Kier alpha value is -1.16. The Kier molecular flexibility index (Phi) is 2.99. The van der Waals surface area contributed by atoms with Crippen LogP contribution in [0.1, 0.15) is 12.8 Å². The first-order chi connectivity index (χ1) is 5.77. The first-order valence-electron chi connectivity index (χ1n) is 3.81. The average molecular weight is 168 g/mol. The Balaban J connectivity index is 2.66. The lowest BCUT2D eigenvalue weighted by Crippen LogP contribution is -2.17. The monoisotopic (exact) mass is 168 g/mol. The quantitative estimate of drug-likeness (QED) is 0.600. The largest absolute Gasteiger partial charge is 0.466 e. The molecule has 0 unspecified atom stereocenters. The minimum absolute atomic E-state index is 0.296. The first kappa shape index (κ1) is 8.93. The third-order valence-corrected chi connectivity index (χ3v) is 1.77. The van der Waals surface area contributed by atoms with Crippen LogP contribution < -0.4 is 5.73 Å². The molecule has 12 heavy (non-hydrogen) atoms. The van der Waals surface area contributed by atoms with E-state index in [0.717, 1.165) is 12.1 Å². The molecule has 2 N–H and O–H groups in total. The maximum Gasteiger partial charge on any atom is 0.335 e. The summed E-state index contributed by atoms with van der Waals surface area (Å²) < 4.78 is 4.55. The van der Waals surface area contributed by atoms with Gasteiger partial charge < -0.3 is 10.5 Å². The number of nitrogens with zero attached hydrogens (tertiary/aromatic N) is 1. The van der Waals surface area contributed by atoms with E-state index in [9.17, 15) is 4.79 Å². The number of aliphatic imine (C=N–C) groups is 1. The summed E-state index contributed by atoms with van der Waals surface area (Å²) >= 11 is 0. The van der Waals surface area contributed by atoms with Crippen molar-refractivity contribution in [3.05, 3.63) is 11.8 Å². The van der Waals surface area contributed by atoms with Gasteiger partial charge in [0, 0.05) is 18.5 Å². The number of carbonyl (C=O) groups excluding carboxylic acids is 1. The van der Waals surface area contributed by atoms with E-state index in [1.165, 1.54) is 13.3 Å². The van der Waals surface area contributed by atoms with E-state index in [1.807, 2.05) is 0 Å². The van der Waals surface area contributed by atoms with Crippen molar-refractivity contribution in [3.8, 4) is 0 Å². The fraction of sp³-hybridized carbons (Fsp3) is 0.500. The first-order valence-corrected chi connectivity index (χ1v) is 3.81. The highest BCUT2D eigenvalue weighted by molar-refractivity contribution is 5.94. The van der Waals surface area contributed by atoms with E-state index in [4.69, 9.17) is 5.73 Å². The molecule has 0 bridgehead atoms. The van der Waals surface area contributed by atoms with Gasteiger partial charge in [-0.05, 0) is 12.8 Å². The van der Waals surface area contributed by atoms with Gasteiger partial charge in [0.05, 0.1) is 12.7 Å². The molecule has 1 heterocycles. The number of methoxy groups -OCH3 is 1. The second-order valence-electron chi connectivity index (χ2n) is 2.55. The maximum absolute atomic E-state index is 11.0. The highest BCUT2D eigenvalue weighted by Crippen LogP contribution is 2.13. The van der Waals surface area contributed by atoms with Crippen molar-refractivity contribution in [2.45, 2.75) is 12.8 Å². The fourth-order valence-electron chi connectivity index (χ4n) is 1.02. The maximum atomic E-state index is 11.0. The van der Waals surface area contributed by atoms with Gasteiger partial charge >= 0.3 is 5.97 Å². The van der Waals surface area contributed by atoms with Crippen molar-refractivity contribution < 1.29 is 9.53 Å². The Labute approximate surface area is 71.1 Å². The standard InChI is InChI=1S/C8H12N2O2/c1-12-8(11)6-2-3-7(4-9)10-5-6/h5H,2-4,9H2,1H3.